The largest absolute Gasteiger partial charge is 0.496 e. The van der Waals surface area contributed by atoms with Crippen molar-refractivity contribution in [3.05, 3.63) is 50.7 Å². The number of benzene rings is 1. The van der Waals surface area contributed by atoms with Gasteiger partial charge in [0.2, 0.25) is 0 Å². The molecule has 0 amide bonds. The number of methoxy groups -OCH3 is 1. The Bertz CT molecular complexity index is 625. The van der Waals surface area contributed by atoms with Crippen LogP contribution < -0.4 is 16.0 Å². The number of nitrogens with two attached hydrogens (primary N) is 1. The first-order chi connectivity index (χ1) is 8.60. The van der Waals surface area contributed by atoms with Gasteiger partial charge in [-0.15, -0.1) is 0 Å². The summed E-state index contributed by atoms with van der Waals surface area (Å²) in [7, 11) is 1.59. The first-order valence-corrected chi connectivity index (χ1v) is 6.05. The fourth-order valence-electron chi connectivity index (χ4n) is 1.61. The van der Waals surface area contributed by atoms with Crippen LogP contribution in [0.1, 0.15) is 5.56 Å². The van der Waals surface area contributed by atoms with Crippen molar-refractivity contribution in [2.24, 2.45) is 0 Å². The molecule has 0 saturated heterocycles. The maximum Gasteiger partial charge on any atom is 0.267 e. The van der Waals surface area contributed by atoms with Crippen molar-refractivity contribution in [3.8, 4) is 5.75 Å². The van der Waals surface area contributed by atoms with Crippen molar-refractivity contribution in [2.75, 3.05) is 12.8 Å². The van der Waals surface area contributed by atoms with E-state index in [0.29, 0.717) is 18.1 Å². The maximum atomic E-state index is 11.7. The van der Waals surface area contributed by atoms with Crippen molar-refractivity contribution < 1.29 is 4.74 Å². The monoisotopic (exact) mass is 309 g/mol. The number of hydrogen-bond donors (Lipinski definition) is 1. The van der Waals surface area contributed by atoms with Crippen molar-refractivity contribution in [1.29, 1.82) is 0 Å². The Kier molecular flexibility index (Phi) is 3.66. The number of ether oxygens (including phenoxy) is 1. The first-order valence-electron chi connectivity index (χ1n) is 5.26. The quantitative estimate of drug-likeness (QED) is 0.936. The molecule has 2 aromatic rings. The van der Waals surface area contributed by atoms with Gasteiger partial charge in [0.15, 0.2) is 0 Å². The molecule has 2 N–H and O–H groups in total. The smallest absolute Gasteiger partial charge is 0.267 e. The van der Waals surface area contributed by atoms with Crippen LogP contribution >= 0.6 is 15.9 Å². The van der Waals surface area contributed by atoms with Crippen LogP contribution in [0.3, 0.4) is 0 Å². The van der Waals surface area contributed by atoms with Gasteiger partial charge in [0.05, 0.1) is 13.7 Å². The standard InChI is InChI=1S/C12H12BrN3O2/c1-18-10-3-2-9(13)6-8(10)7-16-12(17)5-4-11(14)15-16/h2-6H,7H2,1H3,(H2,14,15). The van der Waals surface area contributed by atoms with Gasteiger partial charge in [-0.3, -0.25) is 4.79 Å². The molecule has 1 aromatic heterocycles. The van der Waals surface area contributed by atoms with Gasteiger partial charge in [0.25, 0.3) is 5.56 Å². The zero-order chi connectivity index (χ0) is 13.1. The van der Waals surface area contributed by atoms with E-state index in [9.17, 15) is 4.79 Å². The average molecular weight is 310 g/mol. The predicted octanol–water partition coefficient (Wildman–Crippen LogP) is 1.64. The molecular weight excluding hydrogens is 298 g/mol. The lowest BCUT2D eigenvalue weighted by molar-refractivity contribution is 0.406. The molecule has 0 aliphatic rings. The van der Waals surface area contributed by atoms with Crippen LogP contribution in [0.25, 0.3) is 0 Å². The molecule has 1 heterocycles. The Balaban J connectivity index is 2.42. The summed E-state index contributed by atoms with van der Waals surface area (Å²) in [5.74, 6) is 1.01. The zero-order valence-electron chi connectivity index (χ0n) is 9.76. The van der Waals surface area contributed by atoms with Gasteiger partial charge in [-0.1, -0.05) is 15.9 Å². The topological polar surface area (TPSA) is 70.1 Å². The Labute approximate surface area is 112 Å². The van der Waals surface area contributed by atoms with Gasteiger partial charge >= 0.3 is 0 Å². The van der Waals surface area contributed by atoms with Crippen molar-refractivity contribution in [2.45, 2.75) is 6.54 Å². The molecular formula is C12H12BrN3O2. The number of rotatable bonds is 3. The van der Waals surface area contributed by atoms with Crippen LogP contribution in [-0.2, 0) is 6.54 Å². The molecule has 0 aliphatic carbocycles. The number of hydrogen-bond acceptors (Lipinski definition) is 4. The second-order valence-electron chi connectivity index (χ2n) is 3.71. The van der Waals surface area contributed by atoms with E-state index in [1.807, 2.05) is 18.2 Å². The van der Waals surface area contributed by atoms with Crippen molar-refractivity contribution >= 4 is 21.7 Å². The van der Waals surface area contributed by atoms with Gasteiger partial charge < -0.3 is 10.5 Å². The van der Waals surface area contributed by atoms with E-state index in [0.717, 1.165) is 10.0 Å². The zero-order valence-corrected chi connectivity index (χ0v) is 11.3. The van der Waals surface area contributed by atoms with Gasteiger partial charge in [-0.25, -0.2) is 4.68 Å². The van der Waals surface area contributed by atoms with Gasteiger partial charge in [0.1, 0.15) is 11.6 Å². The molecule has 6 heteroatoms. The lowest BCUT2D eigenvalue weighted by atomic mass is 10.2. The van der Waals surface area contributed by atoms with E-state index >= 15 is 0 Å². The highest BCUT2D eigenvalue weighted by atomic mass is 79.9. The summed E-state index contributed by atoms with van der Waals surface area (Å²) in [5.41, 5.74) is 6.22. The average Bonchev–Trinajstić information content (AvgIpc) is 2.34. The second kappa shape index (κ2) is 5.22. The molecule has 0 bridgehead atoms. The Morgan fingerprint density at radius 2 is 2.17 bits per heavy atom. The number of aromatic nitrogens is 2. The Morgan fingerprint density at radius 3 is 2.89 bits per heavy atom. The number of anilines is 1. The third-order valence-corrected chi connectivity index (χ3v) is 2.94. The molecule has 5 nitrogen and oxygen atoms in total. The fourth-order valence-corrected chi connectivity index (χ4v) is 2.02. The molecule has 0 saturated carbocycles. The highest BCUT2D eigenvalue weighted by molar-refractivity contribution is 9.10. The Hall–Kier alpha value is -1.82. The van der Waals surface area contributed by atoms with E-state index < -0.39 is 0 Å². The number of halogens is 1. The van der Waals surface area contributed by atoms with E-state index in [4.69, 9.17) is 10.5 Å². The molecule has 94 valence electrons. The van der Waals surface area contributed by atoms with Gasteiger partial charge in [-0.2, -0.15) is 5.10 Å². The van der Waals surface area contributed by atoms with E-state index in [-0.39, 0.29) is 5.56 Å². The minimum absolute atomic E-state index is 0.203. The highest BCUT2D eigenvalue weighted by Gasteiger charge is 2.06. The van der Waals surface area contributed by atoms with Crippen LogP contribution in [0.15, 0.2) is 39.6 Å². The van der Waals surface area contributed by atoms with Crippen molar-refractivity contribution in [1.82, 2.24) is 9.78 Å². The second-order valence-corrected chi connectivity index (χ2v) is 4.63. The number of nitrogens with zero attached hydrogens (tertiary/aromatic N) is 2. The summed E-state index contributed by atoms with van der Waals surface area (Å²) in [6.45, 7) is 0.312. The van der Waals surface area contributed by atoms with Gasteiger partial charge in [-0.05, 0) is 24.3 Å². The summed E-state index contributed by atoms with van der Waals surface area (Å²) in [6.07, 6.45) is 0. The van der Waals surface area contributed by atoms with E-state index in [1.54, 1.807) is 7.11 Å². The summed E-state index contributed by atoms with van der Waals surface area (Å²) >= 11 is 3.38. The van der Waals surface area contributed by atoms with Crippen LogP contribution in [-0.4, -0.2) is 16.9 Å². The van der Waals surface area contributed by atoms with Crippen LogP contribution in [0, 0.1) is 0 Å². The SMILES string of the molecule is COc1ccc(Br)cc1Cn1nc(N)ccc1=O. The van der Waals surface area contributed by atoms with E-state index in [2.05, 4.69) is 21.0 Å². The summed E-state index contributed by atoms with van der Waals surface area (Å²) in [5, 5.41) is 3.98. The summed E-state index contributed by atoms with van der Waals surface area (Å²) < 4.78 is 7.46. The third-order valence-electron chi connectivity index (χ3n) is 2.45. The lowest BCUT2D eigenvalue weighted by Crippen LogP contribution is -2.23. The molecule has 0 unspecified atom stereocenters. The fraction of sp³-hybridized carbons (Fsp3) is 0.167. The minimum Gasteiger partial charge on any atom is -0.496 e. The number of nitrogen functional groups attached to an aromatic ring is 1. The van der Waals surface area contributed by atoms with E-state index in [1.165, 1.54) is 16.8 Å². The molecule has 1 aromatic carbocycles. The molecule has 18 heavy (non-hydrogen) atoms. The summed E-state index contributed by atoms with van der Waals surface area (Å²) in [6, 6.07) is 8.47. The van der Waals surface area contributed by atoms with Crippen LogP contribution in [0.2, 0.25) is 0 Å². The predicted molar refractivity (Wildman–Crippen MR) is 72.7 cm³/mol. The highest BCUT2D eigenvalue weighted by Crippen LogP contribution is 2.23. The molecule has 2 rings (SSSR count). The molecule has 0 radical (unpaired) electrons. The summed E-state index contributed by atoms with van der Waals surface area (Å²) in [4.78, 5) is 11.7. The maximum absolute atomic E-state index is 11.7. The minimum atomic E-state index is -0.203. The molecule has 0 aliphatic heterocycles. The Morgan fingerprint density at radius 1 is 1.39 bits per heavy atom. The van der Waals surface area contributed by atoms with Gasteiger partial charge in [0, 0.05) is 16.1 Å². The molecule has 0 fully saturated rings. The molecule has 0 atom stereocenters. The van der Waals surface area contributed by atoms with Crippen LogP contribution in [0.4, 0.5) is 5.82 Å². The third kappa shape index (κ3) is 2.70. The normalized spacial score (nSPS) is 10.3. The first kappa shape index (κ1) is 12.6. The van der Waals surface area contributed by atoms with Crippen molar-refractivity contribution in [3.63, 3.8) is 0 Å². The lowest BCUT2D eigenvalue weighted by Gasteiger charge is -2.10. The van der Waals surface area contributed by atoms with Crippen LogP contribution in [0.5, 0.6) is 5.75 Å². The molecule has 0 spiro atoms.